The van der Waals surface area contributed by atoms with Crippen LogP contribution in [0.1, 0.15) is 43.9 Å². The van der Waals surface area contributed by atoms with Crippen LogP contribution in [-0.2, 0) is 6.42 Å². The fraction of sp³-hybridized carbons (Fsp3) is 0.562. The lowest BCUT2D eigenvalue weighted by atomic mass is 9.59. The number of aromatic nitrogens is 1. The van der Waals surface area contributed by atoms with Crippen LogP contribution in [0.4, 0.5) is 0 Å². The van der Waals surface area contributed by atoms with Crippen LogP contribution in [0.2, 0.25) is 0 Å². The standard InChI is InChI=1S/C16H21NO2/c1-16-10-12-11-17-19-15(12)9-14(16)7-4-6-13(16)5-2-3-8-18/h2-3,9,11,13,18H,4-8,10H2,1H3/b3-2+/t13-,16+/m0/s1. The molecule has 1 heterocycles. The molecular weight excluding hydrogens is 238 g/mol. The van der Waals surface area contributed by atoms with Crippen molar-refractivity contribution in [2.24, 2.45) is 11.3 Å². The van der Waals surface area contributed by atoms with Gasteiger partial charge in [0.15, 0.2) is 5.76 Å². The summed E-state index contributed by atoms with van der Waals surface area (Å²) in [5, 5.41) is 12.8. The predicted octanol–water partition coefficient (Wildman–Crippen LogP) is 3.36. The smallest absolute Gasteiger partial charge is 0.162 e. The molecule has 2 aliphatic rings. The number of rotatable bonds is 3. The van der Waals surface area contributed by atoms with Crippen molar-refractivity contribution in [3.05, 3.63) is 35.2 Å². The summed E-state index contributed by atoms with van der Waals surface area (Å²) in [6, 6.07) is 0. The Morgan fingerprint density at radius 3 is 3.26 bits per heavy atom. The maximum Gasteiger partial charge on any atom is 0.162 e. The van der Waals surface area contributed by atoms with Crippen LogP contribution in [0.3, 0.4) is 0 Å². The van der Waals surface area contributed by atoms with E-state index in [0.717, 1.165) is 18.6 Å². The Balaban J connectivity index is 1.88. The van der Waals surface area contributed by atoms with Crippen molar-refractivity contribution in [3.8, 4) is 0 Å². The molecule has 1 saturated carbocycles. The van der Waals surface area contributed by atoms with E-state index in [0.29, 0.717) is 5.92 Å². The largest absolute Gasteiger partial charge is 0.392 e. The number of aliphatic hydroxyl groups is 1. The lowest BCUT2D eigenvalue weighted by Crippen LogP contribution is -2.36. The molecule has 0 amide bonds. The fourth-order valence-electron chi connectivity index (χ4n) is 3.69. The molecule has 3 nitrogen and oxygen atoms in total. The van der Waals surface area contributed by atoms with Crippen molar-refractivity contribution in [3.63, 3.8) is 0 Å². The summed E-state index contributed by atoms with van der Waals surface area (Å²) in [4.78, 5) is 0. The minimum Gasteiger partial charge on any atom is -0.392 e. The van der Waals surface area contributed by atoms with Gasteiger partial charge in [-0.3, -0.25) is 0 Å². The molecule has 2 atom stereocenters. The van der Waals surface area contributed by atoms with Gasteiger partial charge < -0.3 is 9.63 Å². The third kappa shape index (κ3) is 2.16. The number of allylic oxidation sites excluding steroid dienone is 2. The molecule has 102 valence electrons. The van der Waals surface area contributed by atoms with Gasteiger partial charge in [-0.2, -0.15) is 0 Å². The monoisotopic (exact) mass is 259 g/mol. The van der Waals surface area contributed by atoms with E-state index in [1.807, 2.05) is 12.3 Å². The van der Waals surface area contributed by atoms with Crippen LogP contribution in [0, 0.1) is 11.3 Å². The molecule has 0 aromatic carbocycles. The third-order valence-corrected chi connectivity index (χ3v) is 4.87. The predicted molar refractivity (Wildman–Crippen MR) is 74.5 cm³/mol. The minimum atomic E-state index is 0.141. The first-order valence-electron chi connectivity index (χ1n) is 7.14. The van der Waals surface area contributed by atoms with Crippen molar-refractivity contribution in [1.29, 1.82) is 0 Å². The Bertz CT molecular complexity index is 515. The van der Waals surface area contributed by atoms with E-state index >= 15 is 0 Å². The Kier molecular flexibility index (Phi) is 3.31. The second-order valence-electron chi connectivity index (χ2n) is 5.96. The number of fused-ring (bicyclic) bond motifs is 2. The first kappa shape index (κ1) is 12.7. The van der Waals surface area contributed by atoms with E-state index in [-0.39, 0.29) is 12.0 Å². The molecular formula is C16H21NO2. The zero-order valence-electron chi connectivity index (χ0n) is 11.4. The summed E-state index contributed by atoms with van der Waals surface area (Å²) in [5.41, 5.74) is 2.99. The Hall–Kier alpha value is -1.35. The topological polar surface area (TPSA) is 46.3 Å². The van der Waals surface area contributed by atoms with E-state index in [9.17, 15) is 0 Å². The lowest BCUT2D eigenvalue weighted by Gasteiger charge is -2.45. The second-order valence-corrected chi connectivity index (χ2v) is 5.96. The van der Waals surface area contributed by atoms with Crippen LogP contribution >= 0.6 is 0 Å². The van der Waals surface area contributed by atoms with Gasteiger partial charge in [0.2, 0.25) is 0 Å². The molecule has 0 saturated heterocycles. The van der Waals surface area contributed by atoms with E-state index in [2.05, 4.69) is 24.2 Å². The highest BCUT2D eigenvalue weighted by molar-refractivity contribution is 5.57. The Labute approximate surface area is 114 Å². The molecule has 1 N–H and O–H groups in total. The summed E-state index contributed by atoms with van der Waals surface area (Å²) in [6.45, 7) is 2.52. The second kappa shape index (κ2) is 4.97. The van der Waals surface area contributed by atoms with Gasteiger partial charge in [-0.15, -0.1) is 0 Å². The molecule has 1 aromatic heterocycles. The molecule has 19 heavy (non-hydrogen) atoms. The van der Waals surface area contributed by atoms with E-state index in [1.165, 1.54) is 30.4 Å². The van der Waals surface area contributed by atoms with Crippen molar-refractivity contribution < 1.29 is 9.63 Å². The number of aliphatic hydroxyl groups excluding tert-OH is 1. The van der Waals surface area contributed by atoms with Crippen LogP contribution in [-0.4, -0.2) is 16.9 Å². The average Bonchev–Trinajstić information content (AvgIpc) is 2.83. The Morgan fingerprint density at radius 1 is 1.53 bits per heavy atom. The lowest BCUT2D eigenvalue weighted by molar-refractivity contribution is 0.181. The summed E-state index contributed by atoms with van der Waals surface area (Å²) in [7, 11) is 0. The highest BCUT2D eigenvalue weighted by atomic mass is 16.5. The molecule has 3 rings (SSSR count). The zero-order valence-corrected chi connectivity index (χ0v) is 11.4. The number of nitrogens with zero attached hydrogens (tertiary/aromatic N) is 1. The normalized spacial score (nSPS) is 30.0. The number of hydrogen-bond acceptors (Lipinski definition) is 3. The third-order valence-electron chi connectivity index (χ3n) is 4.87. The summed E-state index contributed by atoms with van der Waals surface area (Å²) >= 11 is 0. The SMILES string of the molecule is C[C@]12Cc3cnoc3C=C1CCC[C@@H]2C/C=C/CO. The molecule has 3 heteroatoms. The van der Waals surface area contributed by atoms with Gasteiger partial charge in [-0.1, -0.05) is 29.8 Å². The summed E-state index contributed by atoms with van der Waals surface area (Å²) in [5.74, 6) is 1.61. The first-order chi connectivity index (χ1) is 9.24. The van der Waals surface area contributed by atoms with Crippen LogP contribution in [0.15, 0.2) is 28.4 Å². The van der Waals surface area contributed by atoms with Crippen LogP contribution in [0.25, 0.3) is 6.08 Å². The van der Waals surface area contributed by atoms with Crippen molar-refractivity contribution >= 4 is 6.08 Å². The van der Waals surface area contributed by atoms with Gasteiger partial charge >= 0.3 is 0 Å². The first-order valence-corrected chi connectivity index (χ1v) is 7.14. The summed E-state index contributed by atoms with van der Waals surface area (Å²) < 4.78 is 5.31. The van der Waals surface area contributed by atoms with Gasteiger partial charge in [0, 0.05) is 5.56 Å². The molecule has 0 aliphatic heterocycles. The maximum absolute atomic E-state index is 8.88. The molecule has 1 aromatic rings. The minimum absolute atomic E-state index is 0.141. The molecule has 1 fully saturated rings. The van der Waals surface area contributed by atoms with Crippen LogP contribution in [0.5, 0.6) is 0 Å². The zero-order chi connectivity index (χ0) is 13.3. The fourth-order valence-corrected chi connectivity index (χ4v) is 3.69. The average molecular weight is 259 g/mol. The molecule has 0 spiro atoms. The Morgan fingerprint density at radius 2 is 2.42 bits per heavy atom. The van der Waals surface area contributed by atoms with Crippen LogP contribution < -0.4 is 0 Å². The van der Waals surface area contributed by atoms with Gasteiger partial charge in [-0.25, -0.2) is 0 Å². The molecule has 0 unspecified atom stereocenters. The van der Waals surface area contributed by atoms with E-state index in [4.69, 9.17) is 9.63 Å². The highest BCUT2D eigenvalue weighted by Gasteiger charge is 2.42. The molecule has 0 bridgehead atoms. The van der Waals surface area contributed by atoms with Gasteiger partial charge in [0.05, 0.1) is 12.8 Å². The maximum atomic E-state index is 8.88. The van der Waals surface area contributed by atoms with Gasteiger partial charge in [0.1, 0.15) is 0 Å². The quantitative estimate of drug-likeness (QED) is 0.847. The van der Waals surface area contributed by atoms with E-state index in [1.54, 1.807) is 0 Å². The highest BCUT2D eigenvalue weighted by Crippen LogP contribution is 2.52. The van der Waals surface area contributed by atoms with Gasteiger partial charge in [0.25, 0.3) is 0 Å². The van der Waals surface area contributed by atoms with E-state index < -0.39 is 0 Å². The van der Waals surface area contributed by atoms with Gasteiger partial charge in [-0.05, 0) is 49.5 Å². The molecule has 0 radical (unpaired) electrons. The van der Waals surface area contributed by atoms with Crippen molar-refractivity contribution in [1.82, 2.24) is 5.16 Å². The molecule has 2 aliphatic carbocycles. The van der Waals surface area contributed by atoms with Crippen molar-refractivity contribution in [2.75, 3.05) is 6.61 Å². The summed E-state index contributed by atoms with van der Waals surface area (Å²) in [6.07, 6.45) is 13.8. The number of hydrogen-bond donors (Lipinski definition) is 1. The van der Waals surface area contributed by atoms with Crippen molar-refractivity contribution in [2.45, 2.75) is 39.0 Å².